The predicted octanol–water partition coefficient (Wildman–Crippen LogP) is 2.67. The Kier molecular flexibility index (Phi) is 3.41. The average molecular weight is 289 g/mol. The van der Waals surface area contributed by atoms with Crippen molar-refractivity contribution in [3.63, 3.8) is 0 Å². The van der Waals surface area contributed by atoms with Gasteiger partial charge in [-0.2, -0.15) is 16.9 Å². The molecule has 2 aromatic heterocycles. The minimum Gasteiger partial charge on any atom is -0.370 e. The molecule has 0 spiro atoms. The highest BCUT2D eigenvalue weighted by Crippen LogP contribution is 2.35. The zero-order valence-electron chi connectivity index (χ0n) is 12.3. The van der Waals surface area contributed by atoms with Gasteiger partial charge in [0, 0.05) is 36.4 Å². The smallest absolute Gasteiger partial charge is 0.165 e. The fourth-order valence-corrected chi connectivity index (χ4v) is 3.62. The summed E-state index contributed by atoms with van der Waals surface area (Å²) in [5.74, 6) is 3.76. The molecule has 20 heavy (non-hydrogen) atoms. The SMILES string of the molecule is CCNc1nc(-c2c(C)nn(C)c2C)nc2c1CSC2. The normalized spacial score (nSPS) is 13.6. The van der Waals surface area contributed by atoms with Crippen LogP contribution >= 0.6 is 11.8 Å². The standard InChI is InChI=1S/C14H19N5S/c1-5-15-13-10-6-20-7-11(10)16-14(17-13)12-8(2)18-19(4)9(12)3/h5-7H2,1-4H3,(H,15,16,17). The molecule has 5 nitrogen and oxygen atoms in total. The number of hydrogen-bond donors (Lipinski definition) is 1. The summed E-state index contributed by atoms with van der Waals surface area (Å²) >= 11 is 1.90. The molecule has 3 heterocycles. The van der Waals surface area contributed by atoms with Gasteiger partial charge in [-0.15, -0.1) is 0 Å². The Morgan fingerprint density at radius 3 is 2.70 bits per heavy atom. The summed E-state index contributed by atoms with van der Waals surface area (Å²) in [5, 5.41) is 7.84. The molecule has 0 saturated carbocycles. The molecule has 0 atom stereocenters. The Morgan fingerprint density at radius 2 is 2.05 bits per heavy atom. The molecule has 106 valence electrons. The lowest BCUT2D eigenvalue weighted by Gasteiger charge is -2.10. The number of nitrogens with zero attached hydrogens (tertiary/aromatic N) is 4. The molecule has 3 rings (SSSR count). The number of fused-ring (bicyclic) bond motifs is 1. The Bertz CT molecular complexity index is 662. The van der Waals surface area contributed by atoms with Crippen molar-refractivity contribution in [2.45, 2.75) is 32.3 Å². The van der Waals surface area contributed by atoms with E-state index >= 15 is 0 Å². The first-order valence-corrected chi connectivity index (χ1v) is 7.99. The van der Waals surface area contributed by atoms with Crippen molar-refractivity contribution < 1.29 is 0 Å². The summed E-state index contributed by atoms with van der Waals surface area (Å²) in [7, 11) is 1.96. The minimum absolute atomic E-state index is 0.797. The van der Waals surface area contributed by atoms with Crippen LogP contribution in [-0.4, -0.2) is 26.3 Å². The van der Waals surface area contributed by atoms with Gasteiger partial charge in [-0.1, -0.05) is 0 Å². The number of aromatic nitrogens is 4. The van der Waals surface area contributed by atoms with Crippen molar-refractivity contribution in [1.82, 2.24) is 19.7 Å². The van der Waals surface area contributed by atoms with E-state index < -0.39 is 0 Å². The van der Waals surface area contributed by atoms with Crippen molar-refractivity contribution >= 4 is 17.6 Å². The predicted molar refractivity (Wildman–Crippen MR) is 82.9 cm³/mol. The molecule has 1 N–H and O–H groups in total. The van der Waals surface area contributed by atoms with E-state index in [1.54, 1.807) is 0 Å². The van der Waals surface area contributed by atoms with Gasteiger partial charge in [-0.3, -0.25) is 4.68 Å². The zero-order chi connectivity index (χ0) is 14.3. The third-order valence-corrected chi connectivity index (χ3v) is 4.63. The third kappa shape index (κ3) is 2.08. The lowest BCUT2D eigenvalue weighted by atomic mass is 10.1. The molecular formula is C14H19N5S. The summed E-state index contributed by atoms with van der Waals surface area (Å²) in [5.41, 5.74) is 5.58. The van der Waals surface area contributed by atoms with Crippen LogP contribution in [0, 0.1) is 13.8 Å². The second kappa shape index (κ2) is 5.09. The van der Waals surface area contributed by atoms with E-state index in [1.165, 1.54) is 11.3 Å². The molecular weight excluding hydrogens is 270 g/mol. The maximum absolute atomic E-state index is 4.78. The summed E-state index contributed by atoms with van der Waals surface area (Å²) in [6.45, 7) is 7.05. The van der Waals surface area contributed by atoms with E-state index in [-0.39, 0.29) is 0 Å². The molecule has 0 aromatic carbocycles. The average Bonchev–Trinajstić information content (AvgIpc) is 2.96. The first-order chi connectivity index (χ1) is 9.61. The van der Waals surface area contributed by atoms with Crippen LogP contribution in [0.3, 0.4) is 0 Å². The monoisotopic (exact) mass is 289 g/mol. The molecule has 0 unspecified atom stereocenters. The second-order valence-corrected chi connectivity index (χ2v) is 6.00. The molecule has 0 bridgehead atoms. The number of anilines is 1. The first kappa shape index (κ1) is 13.4. The van der Waals surface area contributed by atoms with Crippen molar-refractivity contribution in [3.05, 3.63) is 22.6 Å². The van der Waals surface area contributed by atoms with Crippen LogP contribution in [-0.2, 0) is 18.6 Å². The highest BCUT2D eigenvalue weighted by atomic mass is 32.2. The number of rotatable bonds is 3. The maximum Gasteiger partial charge on any atom is 0.165 e. The fourth-order valence-electron chi connectivity index (χ4n) is 2.57. The Labute approximate surface area is 123 Å². The summed E-state index contributed by atoms with van der Waals surface area (Å²) < 4.78 is 1.89. The zero-order valence-corrected chi connectivity index (χ0v) is 13.1. The van der Waals surface area contributed by atoms with Crippen molar-refractivity contribution in [2.75, 3.05) is 11.9 Å². The Balaban J connectivity index is 2.17. The van der Waals surface area contributed by atoms with Crippen molar-refractivity contribution in [3.8, 4) is 11.4 Å². The quantitative estimate of drug-likeness (QED) is 0.941. The molecule has 2 aromatic rings. The van der Waals surface area contributed by atoms with Crippen LogP contribution in [0.15, 0.2) is 0 Å². The van der Waals surface area contributed by atoms with Crippen LogP contribution in [0.4, 0.5) is 5.82 Å². The molecule has 1 aliphatic rings. The van der Waals surface area contributed by atoms with E-state index in [0.717, 1.165) is 46.6 Å². The van der Waals surface area contributed by atoms with Crippen molar-refractivity contribution in [1.29, 1.82) is 0 Å². The summed E-state index contributed by atoms with van der Waals surface area (Å²) in [6.07, 6.45) is 0. The van der Waals surface area contributed by atoms with E-state index in [1.807, 2.05) is 30.4 Å². The van der Waals surface area contributed by atoms with Crippen LogP contribution in [0.5, 0.6) is 0 Å². The van der Waals surface area contributed by atoms with Gasteiger partial charge in [-0.25, -0.2) is 9.97 Å². The van der Waals surface area contributed by atoms with Gasteiger partial charge in [0.05, 0.1) is 17.0 Å². The van der Waals surface area contributed by atoms with Crippen LogP contribution in [0.1, 0.15) is 29.6 Å². The Hall–Kier alpha value is -1.56. The van der Waals surface area contributed by atoms with E-state index in [2.05, 4.69) is 24.3 Å². The molecule has 0 amide bonds. The van der Waals surface area contributed by atoms with E-state index in [9.17, 15) is 0 Å². The number of nitrogens with one attached hydrogen (secondary N) is 1. The maximum atomic E-state index is 4.78. The van der Waals surface area contributed by atoms with E-state index in [4.69, 9.17) is 9.97 Å². The topological polar surface area (TPSA) is 55.6 Å². The highest BCUT2D eigenvalue weighted by molar-refractivity contribution is 7.98. The van der Waals surface area contributed by atoms with Crippen LogP contribution in [0.2, 0.25) is 0 Å². The van der Waals surface area contributed by atoms with Crippen LogP contribution < -0.4 is 5.32 Å². The number of hydrogen-bond acceptors (Lipinski definition) is 5. The molecule has 0 saturated heterocycles. The molecule has 1 aliphatic heterocycles. The molecule has 0 radical (unpaired) electrons. The number of thioether (sulfide) groups is 1. The third-order valence-electron chi connectivity index (χ3n) is 3.65. The van der Waals surface area contributed by atoms with Gasteiger partial charge >= 0.3 is 0 Å². The minimum atomic E-state index is 0.797. The van der Waals surface area contributed by atoms with E-state index in [0.29, 0.717) is 0 Å². The van der Waals surface area contributed by atoms with Gasteiger partial charge in [0.1, 0.15) is 5.82 Å². The molecule has 0 aliphatic carbocycles. The lowest BCUT2D eigenvalue weighted by Crippen LogP contribution is -2.07. The summed E-state index contributed by atoms with van der Waals surface area (Å²) in [4.78, 5) is 9.53. The Morgan fingerprint density at radius 1 is 1.25 bits per heavy atom. The van der Waals surface area contributed by atoms with Gasteiger partial charge < -0.3 is 5.32 Å². The van der Waals surface area contributed by atoms with Crippen molar-refractivity contribution in [2.24, 2.45) is 7.05 Å². The molecule has 0 fully saturated rings. The first-order valence-electron chi connectivity index (χ1n) is 6.83. The molecule has 6 heteroatoms. The summed E-state index contributed by atoms with van der Waals surface area (Å²) in [6, 6.07) is 0. The van der Waals surface area contributed by atoms with Gasteiger partial charge in [0.2, 0.25) is 0 Å². The van der Waals surface area contributed by atoms with Gasteiger partial charge in [0.15, 0.2) is 5.82 Å². The van der Waals surface area contributed by atoms with Crippen LogP contribution in [0.25, 0.3) is 11.4 Å². The fraction of sp³-hybridized carbons (Fsp3) is 0.500. The second-order valence-electron chi connectivity index (χ2n) is 5.01. The van der Waals surface area contributed by atoms with Gasteiger partial charge in [-0.05, 0) is 20.8 Å². The van der Waals surface area contributed by atoms with Gasteiger partial charge in [0.25, 0.3) is 0 Å². The number of aryl methyl sites for hydroxylation is 2. The largest absolute Gasteiger partial charge is 0.370 e. The lowest BCUT2D eigenvalue weighted by molar-refractivity contribution is 0.731. The highest BCUT2D eigenvalue weighted by Gasteiger charge is 2.22.